The van der Waals surface area contributed by atoms with Crippen LogP contribution in [0.5, 0.6) is 0 Å². The number of nitrogens with one attached hydrogen (secondary N) is 2. The van der Waals surface area contributed by atoms with Gasteiger partial charge in [-0.1, -0.05) is 12.1 Å². The third-order valence-corrected chi connectivity index (χ3v) is 6.36. The summed E-state index contributed by atoms with van der Waals surface area (Å²) in [5.74, 6) is -0.407. The summed E-state index contributed by atoms with van der Waals surface area (Å²) in [6, 6.07) is 5.33. The number of carbonyl (C=O) groups is 1. The molecule has 132 valence electrons. The van der Waals surface area contributed by atoms with Gasteiger partial charge in [0, 0.05) is 6.54 Å². The molecule has 6 nitrogen and oxygen atoms in total. The highest BCUT2D eigenvalue weighted by Crippen LogP contribution is 2.41. The van der Waals surface area contributed by atoms with E-state index in [2.05, 4.69) is 10.6 Å². The Morgan fingerprint density at radius 3 is 2.54 bits per heavy atom. The van der Waals surface area contributed by atoms with Crippen LogP contribution in [0.15, 0.2) is 24.3 Å². The maximum absolute atomic E-state index is 13.1. The van der Waals surface area contributed by atoms with E-state index in [9.17, 15) is 22.7 Å². The first-order valence-electron chi connectivity index (χ1n) is 7.99. The summed E-state index contributed by atoms with van der Waals surface area (Å²) in [6.07, 6.45) is 2.11. The number of urea groups is 1. The summed E-state index contributed by atoms with van der Waals surface area (Å²) < 4.78 is 36.0. The van der Waals surface area contributed by atoms with Crippen molar-refractivity contribution in [2.45, 2.75) is 30.9 Å². The van der Waals surface area contributed by atoms with E-state index in [4.69, 9.17) is 0 Å². The molecular formula is C16H21FN2O4S. The van der Waals surface area contributed by atoms with Crippen molar-refractivity contribution in [3.05, 3.63) is 35.6 Å². The van der Waals surface area contributed by atoms with Crippen molar-refractivity contribution >= 4 is 15.9 Å². The van der Waals surface area contributed by atoms with Gasteiger partial charge in [0.25, 0.3) is 0 Å². The van der Waals surface area contributed by atoms with Crippen LogP contribution in [0.2, 0.25) is 0 Å². The molecule has 2 amide bonds. The Balaban J connectivity index is 1.58. The zero-order valence-corrected chi connectivity index (χ0v) is 14.0. The second-order valence-electron chi connectivity index (χ2n) is 6.76. The van der Waals surface area contributed by atoms with Gasteiger partial charge in [-0.3, -0.25) is 0 Å². The molecule has 8 heteroatoms. The molecule has 2 unspecified atom stereocenters. The normalized spacial score (nSPS) is 26.8. The number of benzene rings is 1. The highest BCUT2D eigenvalue weighted by atomic mass is 32.2. The van der Waals surface area contributed by atoms with E-state index in [-0.39, 0.29) is 36.3 Å². The lowest BCUT2D eigenvalue weighted by atomic mass is 10.0. The second-order valence-corrected chi connectivity index (χ2v) is 8.94. The van der Waals surface area contributed by atoms with Crippen LogP contribution < -0.4 is 10.6 Å². The Labute approximate surface area is 140 Å². The van der Waals surface area contributed by atoms with Crippen LogP contribution in [0.3, 0.4) is 0 Å². The third-order valence-electron chi connectivity index (χ3n) is 4.55. The number of hydrogen-bond acceptors (Lipinski definition) is 4. The van der Waals surface area contributed by atoms with Gasteiger partial charge in [-0.15, -0.1) is 0 Å². The van der Waals surface area contributed by atoms with E-state index < -0.39 is 21.5 Å². The summed E-state index contributed by atoms with van der Waals surface area (Å²) in [5.41, 5.74) is -0.572. The molecule has 2 fully saturated rings. The maximum atomic E-state index is 13.1. The average Bonchev–Trinajstić information content (AvgIpc) is 3.30. The number of aliphatic hydroxyl groups is 1. The molecule has 1 aromatic carbocycles. The largest absolute Gasteiger partial charge is 0.387 e. The molecule has 0 aromatic heterocycles. The fraction of sp³-hybridized carbons (Fsp3) is 0.562. The average molecular weight is 356 g/mol. The second kappa shape index (κ2) is 6.33. The van der Waals surface area contributed by atoms with Gasteiger partial charge in [0.2, 0.25) is 0 Å². The Hall–Kier alpha value is -1.67. The van der Waals surface area contributed by atoms with Gasteiger partial charge in [0.15, 0.2) is 9.84 Å². The van der Waals surface area contributed by atoms with Crippen molar-refractivity contribution < 1.29 is 22.7 Å². The fourth-order valence-corrected chi connectivity index (χ4v) is 4.95. The smallest absolute Gasteiger partial charge is 0.315 e. The molecule has 1 aliphatic heterocycles. The molecule has 0 bridgehead atoms. The molecule has 2 aliphatic rings. The molecule has 3 rings (SSSR count). The molecular weight excluding hydrogens is 335 g/mol. The van der Waals surface area contributed by atoms with Gasteiger partial charge in [0.05, 0.1) is 23.1 Å². The lowest BCUT2D eigenvalue weighted by molar-refractivity contribution is 0.0693. The fourth-order valence-electron chi connectivity index (χ4n) is 3.05. The van der Waals surface area contributed by atoms with E-state index in [1.54, 1.807) is 12.1 Å². The highest BCUT2D eigenvalue weighted by molar-refractivity contribution is 7.91. The maximum Gasteiger partial charge on any atom is 0.315 e. The van der Waals surface area contributed by atoms with E-state index in [0.29, 0.717) is 5.92 Å². The molecule has 0 spiro atoms. The van der Waals surface area contributed by atoms with Crippen molar-refractivity contribution in [2.75, 3.05) is 18.1 Å². The zero-order valence-electron chi connectivity index (χ0n) is 13.2. The SMILES string of the molecule is O=C(NCC1(O)CCS(=O)(=O)C1)NC(c1ccc(F)cc1)C1CC1. The van der Waals surface area contributed by atoms with Crippen molar-refractivity contribution in [3.63, 3.8) is 0 Å². The lowest BCUT2D eigenvalue weighted by Crippen LogP contribution is -2.48. The number of carbonyl (C=O) groups excluding carboxylic acids is 1. The summed E-state index contributed by atoms with van der Waals surface area (Å²) in [5, 5.41) is 15.6. The molecule has 24 heavy (non-hydrogen) atoms. The van der Waals surface area contributed by atoms with Crippen molar-refractivity contribution in [1.82, 2.24) is 10.6 Å². The number of sulfone groups is 1. The van der Waals surface area contributed by atoms with Crippen molar-refractivity contribution in [3.8, 4) is 0 Å². The number of hydrogen-bond donors (Lipinski definition) is 3. The van der Waals surface area contributed by atoms with Gasteiger partial charge >= 0.3 is 6.03 Å². The predicted molar refractivity (Wildman–Crippen MR) is 86.6 cm³/mol. The minimum absolute atomic E-state index is 0.0624. The van der Waals surface area contributed by atoms with Crippen LogP contribution >= 0.6 is 0 Å². The summed E-state index contributed by atoms with van der Waals surface area (Å²) >= 11 is 0. The Kier molecular flexibility index (Phi) is 4.52. The van der Waals surface area contributed by atoms with E-state index >= 15 is 0 Å². The number of halogens is 1. The topological polar surface area (TPSA) is 95.5 Å². The van der Waals surface area contributed by atoms with E-state index in [1.165, 1.54) is 12.1 Å². The first kappa shape index (κ1) is 17.2. The van der Waals surface area contributed by atoms with E-state index in [1.807, 2.05) is 0 Å². The molecule has 2 atom stereocenters. The van der Waals surface area contributed by atoms with Crippen LogP contribution in [0, 0.1) is 11.7 Å². The van der Waals surface area contributed by atoms with Crippen LogP contribution in [-0.2, 0) is 9.84 Å². The molecule has 1 aliphatic carbocycles. The number of rotatable bonds is 5. The van der Waals surface area contributed by atoms with Crippen LogP contribution in [0.25, 0.3) is 0 Å². The monoisotopic (exact) mass is 356 g/mol. The summed E-state index contributed by atoms with van der Waals surface area (Å²) in [7, 11) is -3.23. The van der Waals surface area contributed by atoms with Gasteiger partial charge in [-0.2, -0.15) is 0 Å². The lowest BCUT2D eigenvalue weighted by Gasteiger charge is -2.23. The van der Waals surface area contributed by atoms with Gasteiger partial charge in [-0.25, -0.2) is 17.6 Å². The Morgan fingerprint density at radius 2 is 2.00 bits per heavy atom. The summed E-state index contributed by atoms with van der Waals surface area (Å²) in [4.78, 5) is 12.1. The highest BCUT2D eigenvalue weighted by Gasteiger charge is 2.41. The van der Waals surface area contributed by atoms with Crippen molar-refractivity contribution in [1.29, 1.82) is 0 Å². The Morgan fingerprint density at radius 1 is 1.33 bits per heavy atom. The minimum atomic E-state index is -3.23. The quantitative estimate of drug-likeness (QED) is 0.737. The summed E-state index contributed by atoms with van der Waals surface area (Å²) in [6.45, 7) is -0.112. The number of amides is 2. The first-order valence-corrected chi connectivity index (χ1v) is 9.81. The van der Waals surface area contributed by atoms with Gasteiger partial charge in [-0.05, 0) is 42.9 Å². The molecule has 1 aromatic rings. The molecule has 0 radical (unpaired) electrons. The Bertz CT molecular complexity index is 718. The molecule has 3 N–H and O–H groups in total. The first-order chi connectivity index (χ1) is 11.3. The van der Waals surface area contributed by atoms with Crippen LogP contribution in [0.1, 0.15) is 30.9 Å². The molecule has 1 saturated heterocycles. The van der Waals surface area contributed by atoms with Gasteiger partial charge in [0.1, 0.15) is 5.82 Å². The van der Waals surface area contributed by atoms with Crippen molar-refractivity contribution in [2.24, 2.45) is 5.92 Å². The molecule has 1 heterocycles. The minimum Gasteiger partial charge on any atom is -0.387 e. The van der Waals surface area contributed by atoms with Crippen LogP contribution in [-0.4, -0.2) is 43.2 Å². The zero-order chi connectivity index (χ0) is 17.4. The van der Waals surface area contributed by atoms with E-state index in [0.717, 1.165) is 18.4 Å². The third kappa shape index (κ3) is 4.24. The van der Waals surface area contributed by atoms with Gasteiger partial charge < -0.3 is 15.7 Å². The molecule has 1 saturated carbocycles. The standard InChI is InChI=1S/C16H21FN2O4S/c17-13-5-3-12(4-6-13)14(11-1-2-11)19-15(20)18-9-16(21)7-8-24(22,23)10-16/h3-6,11,14,21H,1-2,7-10H2,(H2,18,19,20). The van der Waals surface area contributed by atoms with Crippen LogP contribution in [0.4, 0.5) is 9.18 Å². The predicted octanol–water partition coefficient (Wildman–Crippen LogP) is 1.13.